The zero-order valence-corrected chi connectivity index (χ0v) is 9.12. The van der Waals surface area contributed by atoms with Crippen molar-refractivity contribution in [1.82, 2.24) is 0 Å². The Labute approximate surface area is 95.8 Å². The molecule has 0 atom stereocenters. The number of rotatable bonds is 1. The fraction of sp³-hybridized carbons (Fsp3) is 0. The van der Waals surface area contributed by atoms with Crippen molar-refractivity contribution in [3.63, 3.8) is 0 Å². The van der Waals surface area contributed by atoms with Crippen molar-refractivity contribution in [2.45, 2.75) is 0 Å². The van der Waals surface area contributed by atoms with Gasteiger partial charge in [0.15, 0.2) is 0 Å². The molecule has 0 fully saturated rings. The maximum Gasteiger partial charge on any atom is 0.337 e. The van der Waals surface area contributed by atoms with Gasteiger partial charge in [0, 0.05) is 10.1 Å². The molecule has 3 aromatic rings. The molecule has 0 unspecified atom stereocenters. The zero-order chi connectivity index (χ0) is 11.1. The van der Waals surface area contributed by atoms with Crippen LogP contribution in [0.4, 0.5) is 0 Å². The predicted octanol–water partition coefficient (Wildman–Crippen LogP) is 3.75. The molecule has 0 saturated heterocycles. The second-order valence-electron chi connectivity index (χ2n) is 3.61. The minimum atomic E-state index is -0.863. The van der Waals surface area contributed by atoms with Crippen LogP contribution in [0.2, 0.25) is 0 Å². The molecule has 0 aliphatic heterocycles. The van der Waals surface area contributed by atoms with Gasteiger partial charge in [-0.25, -0.2) is 4.79 Å². The van der Waals surface area contributed by atoms with Crippen molar-refractivity contribution in [2.24, 2.45) is 0 Å². The van der Waals surface area contributed by atoms with Crippen molar-refractivity contribution in [3.05, 3.63) is 47.3 Å². The van der Waals surface area contributed by atoms with Crippen LogP contribution in [0.15, 0.2) is 41.8 Å². The number of thiophene rings is 1. The van der Waals surface area contributed by atoms with Crippen LogP contribution in [0.5, 0.6) is 0 Å². The summed E-state index contributed by atoms with van der Waals surface area (Å²) < 4.78 is 0.853. The molecule has 0 aliphatic carbocycles. The lowest BCUT2D eigenvalue weighted by atomic mass is 10.0. The Hall–Kier alpha value is -1.87. The van der Waals surface area contributed by atoms with Gasteiger partial charge in [-0.05, 0) is 28.3 Å². The molecule has 78 valence electrons. The first-order valence-corrected chi connectivity index (χ1v) is 5.77. The third kappa shape index (κ3) is 1.22. The summed E-state index contributed by atoms with van der Waals surface area (Å²) in [6.45, 7) is 0. The Morgan fingerprint density at radius 2 is 1.94 bits per heavy atom. The van der Waals surface area contributed by atoms with Gasteiger partial charge in [-0.1, -0.05) is 24.3 Å². The number of hydrogen-bond donors (Lipinski definition) is 1. The third-order valence-electron chi connectivity index (χ3n) is 2.69. The van der Waals surface area contributed by atoms with Gasteiger partial charge in [-0.15, -0.1) is 11.3 Å². The minimum Gasteiger partial charge on any atom is -0.478 e. The molecule has 3 rings (SSSR count). The molecule has 1 N–H and O–H groups in total. The molecule has 0 amide bonds. The van der Waals surface area contributed by atoms with Gasteiger partial charge < -0.3 is 5.11 Å². The summed E-state index contributed by atoms with van der Waals surface area (Å²) in [5.74, 6) is -0.863. The summed E-state index contributed by atoms with van der Waals surface area (Å²) >= 11 is 1.48. The van der Waals surface area contributed by atoms with E-state index in [4.69, 9.17) is 5.11 Å². The predicted molar refractivity (Wildman–Crippen MR) is 66.3 cm³/mol. The largest absolute Gasteiger partial charge is 0.478 e. The molecule has 2 aromatic carbocycles. The molecule has 0 saturated carbocycles. The highest BCUT2D eigenvalue weighted by Crippen LogP contribution is 2.32. The Kier molecular flexibility index (Phi) is 1.94. The summed E-state index contributed by atoms with van der Waals surface area (Å²) in [6.07, 6.45) is 0. The van der Waals surface area contributed by atoms with Crippen LogP contribution in [0.3, 0.4) is 0 Å². The van der Waals surface area contributed by atoms with E-state index >= 15 is 0 Å². The van der Waals surface area contributed by atoms with Gasteiger partial charge in [0.1, 0.15) is 0 Å². The van der Waals surface area contributed by atoms with Crippen molar-refractivity contribution >= 4 is 38.2 Å². The maximum absolute atomic E-state index is 11.2. The van der Waals surface area contributed by atoms with E-state index in [-0.39, 0.29) is 0 Å². The van der Waals surface area contributed by atoms with E-state index in [0.717, 1.165) is 20.9 Å². The van der Waals surface area contributed by atoms with Gasteiger partial charge in [-0.3, -0.25) is 0 Å². The Bertz CT molecular complexity index is 697. The average Bonchev–Trinajstić information content (AvgIpc) is 2.76. The van der Waals surface area contributed by atoms with Crippen LogP contribution in [-0.2, 0) is 0 Å². The summed E-state index contributed by atoms with van der Waals surface area (Å²) in [5.41, 5.74) is 0.392. The first-order valence-electron chi connectivity index (χ1n) is 4.89. The first kappa shape index (κ1) is 9.36. The normalized spacial score (nSPS) is 11.0. The Balaban J connectivity index is 2.58. The summed E-state index contributed by atoms with van der Waals surface area (Å²) in [5, 5.41) is 14.2. The van der Waals surface area contributed by atoms with E-state index in [0.29, 0.717) is 5.56 Å². The SMILES string of the molecule is O=C(O)c1cc2ccccc2c2ccsc12. The minimum absolute atomic E-state index is 0.392. The summed E-state index contributed by atoms with van der Waals surface area (Å²) in [7, 11) is 0. The fourth-order valence-electron chi connectivity index (χ4n) is 1.98. The number of hydrogen-bond acceptors (Lipinski definition) is 2. The van der Waals surface area contributed by atoms with Gasteiger partial charge in [0.25, 0.3) is 0 Å². The number of benzene rings is 2. The van der Waals surface area contributed by atoms with Gasteiger partial charge in [0.05, 0.1) is 5.56 Å². The Morgan fingerprint density at radius 1 is 1.12 bits per heavy atom. The van der Waals surface area contributed by atoms with Gasteiger partial charge in [-0.2, -0.15) is 0 Å². The molecular weight excluding hydrogens is 220 g/mol. The highest BCUT2D eigenvalue weighted by atomic mass is 32.1. The zero-order valence-electron chi connectivity index (χ0n) is 8.31. The highest BCUT2D eigenvalue weighted by molar-refractivity contribution is 7.17. The van der Waals surface area contributed by atoms with E-state index < -0.39 is 5.97 Å². The summed E-state index contributed by atoms with van der Waals surface area (Å²) in [6, 6.07) is 11.6. The van der Waals surface area contributed by atoms with Crippen LogP contribution >= 0.6 is 11.3 Å². The molecular formula is C13H8O2S. The van der Waals surface area contributed by atoms with E-state index in [2.05, 4.69) is 0 Å². The van der Waals surface area contributed by atoms with Crippen molar-refractivity contribution in [1.29, 1.82) is 0 Å². The molecule has 0 spiro atoms. The quantitative estimate of drug-likeness (QED) is 0.688. The first-order chi connectivity index (χ1) is 7.77. The number of carboxylic acids is 1. The molecule has 2 nitrogen and oxygen atoms in total. The molecule has 3 heteroatoms. The van der Waals surface area contributed by atoms with Crippen LogP contribution < -0.4 is 0 Å². The lowest BCUT2D eigenvalue weighted by Gasteiger charge is -2.02. The number of aromatic carboxylic acids is 1. The topological polar surface area (TPSA) is 37.3 Å². The van der Waals surface area contributed by atoms with E-state index in [1.165, 1.54) is 11.3 Å². The van der Waals surface area contributed by atoms with Gasteiger partial charge in [0.2, 0.25) is 0 Å². The fourth-order valence-corrected chi connectivity index (χ4v) is 2.90. The van der Waals surface area contributed by atoms with E-state index in [1.54, 1.807) is 6.07 Å². The van der Waals surface area contributed by atoms with Crippen LogP contribution in [0.1, 0.15) is 10.4 Å². The number of carbonyl (C=O) groups is 1. The highest BCUT2D eigenvalue weighted by Gasteiger charge is 2.12. The summed E-state index contributed by atoms with van der Waals surface area (Å²) in [4.78, 5) is 11.2. The molecule has 0 bridgehead atoms. The standard InChI is InChI=1S/C13H8O2S/c14-13(15)11-7-8-3-1-2-4-9(8)10-5-6-16-12(10)11/h1-7H,(H,14,15). The molecule has 0 radical (unpaired) electrons. The van der Waals surface area contributed by atoms with Crippen molar-refractivity contribution < 1.29 is 9.90 Å². The lowest BCUT2D eigenvalue weighted by molar-refractivity contribution is 0.0699. The lowest BCUT2D eigenvalue weighted by Crippen LogP contribution is -1.96. The second-order valence-corrected chi connectivity index (χ2v) is 4.53. The van der Waals surface area contributed by atoms with Crippen LogP contribution in [-0.4, -0.2) is 11.1 Å². The smallest absolute Gasteiger partial charge is 0.337 e. The Morgan fingerprint density at radius 3 is 2.75 bits per heavy atom. The number of fused-ring (bicyclic) bond motifs is 3. The van der Waals surface area contributed by atoms with Crippen molar-refractivity contribution in [2.75, 3.05) is 0 Å². The van der Waals surface area contributed by atoms with Gasteiger partial charge >= 0.3 is 5.97 Å². The third-order valence-corrected chi connectivity index (χ3v) is 3.64. The van der Waals surface area contributed by atoms with Crippen LogP contribution in [0, 0.1) is 0 Å². The number of carboxylic acid groups (broad SMARTS) is 1. The van der Waals surface area contributed by atoms with E-state index in [1.807, 2.05) is 35.7 Å². The molecule has 1 heterocycles. The molecule has 1 aromatic heterocycles. The van der Waals surface area contributed by atoms with Crippen molar-refractivity contribution in [3.8, 4) is 0 Å². The maximum atomic E-state index is 11.2. The average molecular weight is 228 g/mol. The van der Waals surface area contributed by atoms with Crippen LogP contribution in [0.25, 0.3) is 20.9 Å². The molecule has 16 heavy (non-hydrogen) atoms. The monoisotopic (exact) mass is 228 g/mol. The second kappa shape index (κ2) is 3.32. The molecule has 0 aliphatic rings. The van der Waals surface area contributed by atoms with E-state index in [9.17, 15) is 4.79 Å².